The second-order valence-electron chi connectivity index (χ2n) is 9.56. The molecule has 0 unspecified atom stereocenters. The highest BCUT2D eigenvalue weighted by Crippen LogP contribution is 2.47. The highest BCUT2D eigenvalue weighted by atomic mass is 16.6. The van der Waals surface area contributed by atoms with Crippen molar-refractivity contribution in [3.63, 3.8) is 0 Å². The van der Waals surface area contributed by atoms with E-state index in [-0.39, 0.29) is 36.2 Å². The average Bonchev–Trinajstić information content (AvgIpc) is 3.37. The number of piperidine rings is 1. The van der Waals surface area contributed by atoms with Gasteiger partial charge in [0, 0.05) is 43.7 Å². The van der Waals surface area contributed by atoms with Crippen LogP contribution >= 0.6 is 0 Å². The zero-order valence-electron chi connectivity index (χ0n) is 19.4. The van der Waals surface area contributed by atoms with E-state index in [4.69, 9.17) is 4.74 Å². The Morgan fingerprint density at radius 3 is 2.46 bits per heavy atom. The minimum absolute atomic E-state index is 0.0144. The molecule has 4 saturated heterocycles. The molecule has 188 valence electrons. The Balaban J connectivity index is 1.32. The lowest BCUT2D eigenvalue weighted by Gasteiger charge is -2.49. The minimum Gasteiger partial charge on any atom is -0.477 e. The molecule has 0 radical (unpaired) electrons. The number of amides is 4. The molecule has 35 heavy (non-hydrogen) atoms. The Labute approximate surface area is 201 Å². The summed E-state index contributed by atoms with van der Waals surface area (Å²) in [5.74, 6) is -2.15. The summed E-state index contributed by atoms with van der Waals surface area (Å²) >= 11 is 0. The molecule has 5 rings (SSSR count). The lowest BCUT2D eigenvalue weighted by Crippen LogP contribution is -2.69. The van der Waals surface area contributed by atoms with Crippen molar-refractivity contribution in [2.45, 2.75) is 50.7 Å². The van der Waals surface area contributed by atoms with Crippen LogP contribution in [0.4, 0.5) is 9.59 Å². The normalized spacial score (nSPS) is 29.6. The summed E-state index contributed by atoms with van der Waals surface area (Å²) in [6.07, 6.45) is 2.09. The fourth-order valence-corrected chi connectivity index (χ4v) is 6.20. The van der Waals surface area contributed by atoms with Gasteiger partial charge in [-0.3, -0.25) is 19.4 Å². The third-order valence-electron chi connectivity index (χ3n) is 7.77. The summed E-state index contributed by atoms with van der Waals surface area (Å²) in [6, 6.07) is -1.31. The maximum Gasteiger partial charge on any atom is 0.409 e. The number of carbonyl (C=O) groups excluding carboxylic acids is 3. The van der Waals surface area contributed by atoms with Crippen LogP contribution in [0.15, 0.2) is 22.9 Å². The fraction of sp³-hybridized carbons (Fsp3) is 0.609. The largest absolute Gasteiger partial charge is 0.477 e. The number of hydrogen-bond donors (Lipinski definition) is 2. The van der Waals surface area contributed by atoms with Crippen molar-refractivity contribution in [1.29, 1.82) is 0 Å². The maximum absolute atomic E-state index is 13.2. The molecule has 12 nitrogen and oxygen atoms in total. The third kappa shape index (κ3) is 3.62. The number of aliphatic carboxylic acids is 1. The first kappa shape index (κ1) is 23.2. The van der Waals surface area contributed by atoms with Crippen LogP contribution in [0.25, 0.3) is 0 Å². The van der Waals surface area contributed by atoms with E-state index in [1.54, 1.807) is 22.8 Å². The van der Waals surface area contributed by atoms with Gasteiger partial charge in [0.15, 0.2) is 0 Å². The predicted molar refractivity (Wildman–Crippen MR) is 118 cm³/mol. The molecular formula is C23H28N4O8. The zero-order valence-corrected chi connectivity index (χ0v) is 19.4. The van der Waals surface area contributed by atoms with Gasteiger partial charge in [-0.1, -0.05) is 0 Å². The summed E-state index contributed by atoms with van der Waals surface area (Å²) in [6.45, 7) is 3.74. The molecule has 0 aliphatic carbocycles. The molecule has 0 spiro atoms. The molecule has 0 aromatic heterocycles. The molecule has 0 bridgehead atoms. The van der Waals surface area contributed by atoms with E-state index in [1.165, 1.54) is 4.90 Å². The standard InChI is InChI=1S/C23H28N4O8/c1-2-35-23(34)24-6-4-15(5-7-24)25-8-3-12(19(25)28)9-13-10-14-11-26(22(32)33)18-16(14)27(20(18)29)17(13)21(30)31/h9,14-16,18H,2-8,10-11H2,1H3,(H,30,31)(H,32,33)/b12-9+/t14-,16-,18+/m1/s1. The number of rotatable bonds is 4. The summed E-state index contributed by atoms with van der Waals surface area (Å²) in [5.41, 5.74) is 0.726. The number of allylic oxidation sites excluding steroid dienone is 2. The molecule has 3 atom stereocenters. The minimum atomic E-state index is -1.26. The van der Waals surface area contributed by atoms with Crippen molar-refractivity contribution in [2.24, 2.45) is 5.92 Å². The van der Waals surface area contributed by atoms with E-state index in [0.717, 1.165) is 4.90 Å². The number of likely N-dealkylation sites (tertiary alicyclic amines) is 3. The van der Waals surface area contributed by atoms with Crippen LogP contribution in [0.3, 0.4) is 0 Å². The van der Waals surface area contributed by atoms with E-state index < -0.39 is 30.1 Å². The Bertz CT molecular complexity index is 1060. The molecule has 0 aromatic rings. The quantitative estimate of drug-likeness (QED) is 0.434. The van der Waals surface area contributed by atoms with Crippen LogP contribution < -0.4 is 0 Å². The van der Waals surface area contributed by atoms with Crippen molar-refractivity contribution < 1.29 is 38.9 Å². The first-order valence-corrected chi connectivity index (χ1v) is 11.9. The van der Waals surface area contributed by atoms with Gasteiger partial charge in [-0.2, -0.15) is 0 Å². The first-order chi connectivity index (χ1) is 16.7. The number of carboxylic acids is 1. The maximum atomic E-state index is 13.2. The molecule has 5 aliphatic heterocycles. The van der Waals surface area contributed by atoms with Crippen LogP contribution in [0.5, 0.6) is 0 Å². The van der Waals surface area contributed by atoms with Gasteiger partial charge in [-0.05, 0) is 44.3 Å². The Kier molecular flexibility index (Phi) is 5.68. The van der Waals surface area contributed by atoms with Crippen LogP contribution in [0, 0.1) is 5.92 Å². The van der Waals surface area contributed by atoms with E-state index >= 15 is 0 Å². The second kappa shape index (κ2) is 8.58. The average molecular weight is 488 g/mol. The number of carbonyl (C=O) groups is 5. The summed E-state index contributed by atoms with van der Waals surface area (Å²) in [7, 11) is 0. The lowest BCUT2D eigenvalue weighted by molar-refractivity contribution is -0.156. The molecule has 5 aliphatic rings. The van der Waals surface area contributed by atoms with Crippen molar-refractivity contribution >= 4 is 30.0 Å². The molecule has 4 fully saturated rings. The monoisotopic (exact) mass is 488 g/mol. The molecule has 5 heterocycles. The Morgan fingerprint density at radius 2 is 1.83 bits per heavy atom. The summed E-state index contributed by atoms with van der Waals surface area (Å²) in [5, 5.41) is 19.3. The number of nitrogens with zero attached hydrogens (tertiary/aromatic N) is 4. The predicted octanol–water partition coefficient (Wildman–Crippen LogP) is 0.698. The smallest absolute Gasteiger partial charge is 0.409 e. The van der Waals surface area contributed by atoms with E-state index in [9.17, 15) is 34.2 Å². The van der Waals surface area contributed by atoms with Crippen molar-refractivity contribution in [1.82, 2.24) is 19.6 Å². The Hall–Kier alpha value is -3.57. The topological polar surface area (TPSA) is 148 Å². The fourth-order valence-electron chi connectivity index (χ4n) is 6.20. The van der Waals surface area contributed by atoms with Gasteiger partial charge in [0.25, 0.3) is 5.91 Å². The van der Waals surface area contributed by atoms with Crippen molar-refractivity contribution in [3.05, 3.63) is 22.9 Å². The Morgan fingerprint density at radius 1 is 1.11 bits per heavy atom. The van der Waals surface area contributed by atoms with Gasteiger partial charge in [-0.15, -0.1) is 0 Å². The van der Waals surface area contributed by atoms with Crippen LogP contribution in [0.1, 0.15) is 32.6 Å². The molecule has 0 saturated carbocycles. The number of ether oxygens (including phenoxy) is 1. The summed E-state index contributed by atoms with van der Waals surface area (Å²) < 4.78 is 5.04. The molecule has 0 aromatic carbocycles. The molecule has 12 heteroatoms. The lowest BCUT2D eigenvalue weighted by atomic mass is 9.79. The number of carboxylic acid groups (broad SMARTS) is 2. The van der Waals surface area contributed by atoms with Crippen LogP contribution in [-0.2, 0) is 19.1 Å². The van der Waals surface area contributed by atoms with E-state index in [0.29, 0.717) is 63.1 Å². The molecule has 4 amide bonds. The molecular weight excluding hydrogens is 460 g/mol. The van der Waals surface area contributed by atoms with Crippen LogP contribution in [0.2, 0.25) is 0 Å². The summed E-state index contributed by atoms with van der Waals surface area (Å²) in [4.78, 5) is 67.2. The van der Waals surface area contributed by atoms with Crippen molar-refractivity contribution in [3.8, 4) is 0 Å². The van der Waals surface area contributed by atoms with Gasteiger partial charge in [0.05, 0.1) is 12.6 Å². The zero-order chi connectivity index (χ0) is 25.0. The van der Waals surface area contributed by atoms with Gasteiger partial charge in [-0.25, -0.2) is 14.4 Å². The highest BCUT2D eigenvalue weighted by Gasteiger charge is 2.64. The number of hydrogen-bond acceptors (Lipinski definition) is 6. The molecule has 2 N–H and O–H groups in total. The van der Waals surface area contributed by atoms with Gasteiger partial charge in [0.2, 0.25) is 5.91 Å². The van der Waals surface area contributed by atoms with Crippen LogP contribution in [-0.4, -0.2) is 111 Å². The van der Waals surface area contributed by atoms with Gasteiger partial charge in [0.1, 0.15) is 11.7 Å². The highest BCUT2D eigenvalue weighted by molar-refractivity contribution is 6.03. The van der Waals surface area contributed by atoms with Crippen molar-refractivity contribution in [2.75, 3.05) is 32.8 Å². The number of β-lactam (4-membered cyclic amide) rings is 1. The van der Waals surface area contributed by atoms with Gasteiger partial charge < -0.3 is 24.7 Å². The second-order valence-corrected chi connectivity index (χ2v) is 9.56. The SMILES string of the molecule is CCOC(=O)N1CCC(N2CC/C(=C\C3=C(C(=O)O)N4C(=O)[C@@H]5[C@H]4[C@H](C3)CN5C(=O)O)C2=O)CC1. The van der Waals surface area contributed by atoms with E-state index in [1.807, 2.05) is 0 Å². The van der Waals surface area contributed by atoms with E-state index in [2.05, 4.69) is 0 Å². The van der Waals surface area contributed by atoms with Gasteiger partial charge >= 0.3 is 18.2 Å². The first-order valence-electron chi connectivity index (χ1n) is 11.9. The third-order valence-corrected chi connectivity index (χ3v) is 7.77.